The molecule has 140 valence electrons. The molecule has 0 atom stereocenters. The van der Waals surface area contributed by atoms with Crippen molar-refractivity contribution in [1.82, 2.24) is 4.57 Å². The molecule has 0 spiro atoms. The zero-order valence-electron chi connectivity index (χ0n) is 14.0. The average molecular weight is 424 g/mol. The van der Waals surface area contributed by atoms with Gasteiger partial charge in [-0.15, -0.1) is 11.3 Å². The van der Waals surface area contributed by atoms with Crippen molar-refractivity contribution in [1.29, 1.82) is 0 Å². The molecule has 4 rings (SSSR count). The molecule has 0 radical (unpaired) electrons. The van der Waals surface area contributed by atoms with Crippen molar-refractivity contribution in [2.24, 2.45) is 17.2 Å². The first-order valence-electron chi connectivity index (χ1n) is 7.74. The van der Waals surface area contributed by atoms with E-state index in [-0.39, 0.29) is 16.7 Å². The maximum atomic E-state index is 11.7. The number of nitrogens with two attached hydrogens (primary N) is 1. The van der Waals surface area contributed by atoms with Gasteiger partial charge in [-0.25, -0.2) is 18.5 Å². The van der Waals surface area contributed by atoms with Crippen molar-refractivity contribution < 1.29 is 17.9 Å². The van der Waals surface area contributed by atoms with Gasteiger partial charge in [0.15, 0.2) is 16.3 Å². The van der Waals surface area contributed by atoms with Gasteiger partial charge in [0, 0.05) is 24.1 Å². The first kappa shape index (κ1) is 18.1. The molecule has 0 saturated carbocycles. The highest BCUT2D eigenvalue weighted by atomic mass is 35.5. The van der Waals surface area contributed by atoms with E-state index in [9.17, 15) is 8.42 Å². The van der Waals surface area contributed by atoms with Gasteiger partial charge >= 0.3 is 0 Å². The third-order valence-corrected chi connectivity index (χ3v) is 6.35. The summed E-state index contributed by atoms with van der Waals surface area (Å²) in [4.78, 5) is 5.25. The summed E-state index contributed by atoms with van der Waals surface area (Å²) < 4.78 is 36.0. The number of nitrogens with zero attached hydrogens (tertiary/aromatic N) is 2. The molecule has 1 aliphatic rings. The monoisotopic (exact) mass is 423 g/mol. The average Bonchev–Trinajstić information content (AvgIpc) is 3.21. The molecule has 0 fully saturated rings. The summed E-state index contributed by atoms with van der Waals surface area (Å²) >= 11 is 7.39. The Morgan fingerprint density at radius 1 is 1.19 bits per heavy atom. The second-order valence-corrected chi connectivity index (χ2v) is 8.58. The van der Waals surface area contributed by atoms with Crippen LogP contribution in [0.5, 0.6) is 11.5 Å². The molecule has 0 amide bonds. The Bertz CT molecular complexity index is 1220. The molecule has 2 N–H and O–H groups in total. The lowest BCUT2D eigenvalue weighted by Gasteiger charge is -2.07. The summed E-state index contributed by atoms with van der Waals surface area (Å²) in [6.07, 6.45) is 0. The standard InChI is InChI=1S/C17H14ClN3O4S2/c1-21-13(10-2-4-12(18)16(6-10)27(19,22)23)8-26-17(21)20-11-3-5-14-15(7-11)25-9-24-14/h2-8H,9H2,1H3,(H2,19,22,23)/b20-17-. The second-order valence-electron chi connectivity index (χ2n) is 5.80. The van der Waals surface area contributed by atoms with E-state index in [0.29, 0.717) is 17.1 Å². The molecule has 2 aromatic carbocycles. The van der Waals surface area contributed by atoms with Crippen LogP contribution in [0.15, 0.2) is 51.7 Å². The maximum Gasteiger partial charge on any atom is 0.239 e. The van der Waals surface area contributed by atoms with Crippen molar-refractivity contribution >= 4 is 38.6 Å². The molecule has 0 unspecified atom stereocenters. The fourth-order valence-corrected chi connectivity index (χ4v) is 4.68. The summed E-state index contributed by atoms with van der Waals surface area (Å²) in [6, 6.07) is 10.2. The van der Waals surface area contributed by atoms with Crippen LogP contribution in [0.4, 0.5) is 5.69 Å². The van der Waals surface area contributed by atoms with E-state index in [0.717, 1.165) is 16.2 Å². The van der Waals surface area contributed by atoms with Gasteiger partial charge in [-0.1, -0.05) is 17.7 Å². The lowest BCUT2D eigenvalue weighted by atomic mass is 10.2. The zero-order valence-corrected chi connectivity index (χ0v) is 16.4. The van der Waals surface area contributed by atoms with Crippen LogP contribution in [-0.2, 0) is 17.1 Å². The summed E-state index contributed by atoms with van der Waals surface area (Å²) in [5.74, 6) is 1.35. The first-order chi connectivity index (χ1) is 12.8. The fraction of sp³-hybridized carbons (Fsp3) is 0.118. The number of thiazole rings is 1. The van der Waals surface area contributed by atoms with Crippen LogP contribution in [0, 0.1) is 0 Å². The van der Waals surface area contributed by atoms with E-state index >= 15 is 0 Å². The SMILES string of the molecule is Cn1c(-c2ccc(Cl)c(S(N)(=O)=O)c2)cs/c1=N\c1ccc2c(c1)OCO2. The number of halogens is 1. The van der Waals surface area contributed by atoms with Gasteiger partial charge in [-0.3, -0.25) is 0 Å². The number of fused-ring (bicyclic) bond motifs is 1. The summed E-state index contributed by atoms with van der Waals surface area (Å²) in [7, 11) is -2.06. The molecule has 1 aromatic heterocycles. The third kappa shape index (κ3) is 3.46. The number of hydrogen-bond donors (Lipinski definition) is 1. The van der Waals surface area contributed by atoms with Gasteiger partial charge in [0.25, 0.3) is 0 Å². The van der Waals surface area contributed by atoms with Crippen LogP contribution in [0.3, 0.4) is 0 Å². The minimum Gasteiger partial charge on any atom is -0.454 e. The molecule has 3 aromatic rings. The Hall–Kier alpha value is -2.33. The molecule has 0 aliphatic carbocycles. The molecule has 0 saturated heterocycles. The first-order valence-corrected chi connectivity index (χ1v) is 10.5. The molecule has 1 aliphatic heterocycles. The highest BCUT2D eigenvalue weighted by Crippen LogP contribution is 2.35. The molecule has 2 heterocycles. The van der Waals surface area contributed by atoms with Crippen molar-refractivity contribution in [3.05, 3.63) is 51.6 Å². The maximum absolute atomic E-state index is 11.7. The van der Waals surface area contributed by atoms with E-state index in [1.54, 1.807) is 6.07 Å². The number of aromatic nitrogens is 1. The van der Waals surface area contributed by atoms with Crippen molar-refractivity contribution in [3.63, 3.8) is 0 Å². The molecular formula is C17H14ClN3O4S2. The lowest BCUT2D eigenvalue weighted by molar-refractivity contribution is 0.174. The Balaban J connectivity index is 1.77. The highest BCUT2D eigenvalue weighted by Gasteiger charge is 2.16. The van der Waals surface area contributed by atoms with Gasteiger partial charge in [0.05, 0.1) is 16.4 Å². The number of sulfonamides is 1. The zero-order chi connectivity index (χ0) is 19.2. The Morgan fingerprint density at radius 2 is 1.96 bits per heavy atom. The smallest absolute Gasteiger partial charge is 0.239 e. The Morgan fingerprint density at radius 3 is 2.74 bits per heavy atom. The van der Waals surface area contributed by atoms with E-state index < -0.39 is 10.0 Å². The normalized spacial score (nSPS) is 14.0. The van der Waals surface area contributed by atoms with Gasteiger partial charge in [-0.05, 0) is 24.3 Å². The van der Waals surface area contributed by atoms with Crippen LogP contribution in [0.1, 0.15) is 0 Å². The molecule has 7 nitrogen and oxygen atoms in total. The number of hydrogen-bond acceptors (Lipinski definition) is 6. The van der Waals surface area contributed by atoms with E-state index in [1.165, 1.54) is 23.5 Å². The third-order valence-electron chi connectivity index (χ3n) is 4.04. The lowest BCUT2D eigenvalue weighted by Crippen LogP contribution is -2.13. The number of rotatable bonds is 3. The van der Waals surface area contributed by atoms with Crippen molar-refractivity contribution in [2.75, 3.05) is 6.79 Å². The number of benzene rings is 2. The van der Waals surface area contributed by atoms with Crippen LogP contribution in [0.2, 0.25) is 5.02 Å². The minimum absolute atomic E-state index is 0.0874. The molecular weight excluding hydrogens is 410 g/mol. The van der Waals surface area contributed by atoms with E-state index in [1.807, 2.05) is 35.2 Å². The topological polar surface area (TPSA) is 95.9 Å². The van der Waals surface area contributed by atoms with Gasteiger partial charge in [-0.2, -0.15) is 0 Å². The van der Waals surface area contributed by atoms with E-state index in [4.69, 9.17) is 26.2 Å². The summed E-state index contributed by atoms with van der Waals surface area (Å²) in [6.45, 7) is 0.207. The predicted octanol–water partition coefficient (Wildman–Crippen LogP) is 3.02. The molecule has 0 bridgehead atoms. The van der Waals surface area contributed by atoms with E-state index in [2.05, 4.69) is 4.99 Å². The van der Waals surface area contributed by atoms with Crippen LogP contribution in [0.25, 0.3) is 11.3 Å². The van der Waals surface area contributed by atoms with Crippen molar-refractivity contribution in [3.8, 4) is 22.8 Å². The van der Waals surface area contributed by atoms with Crippen LogP contribution < -0.4 is 19.4 Å². The second kappa shape index (κ2) is 6.68. The Labute approximate surface area is 164 Å². The molecule has 27 heavy (non-hydrogen) atoms. The fourth-order valence-electron chi connectivity index (χ4n) is 2.68. The quantitative estimate of drug-likeness (QED) is 0.700. The van der Waals surface area contributed by atoms with Crippen LogP contribution in [-0.4, -0.2) is 19.8 Å². The predicted molar refractivity (Wildman–Crippen MR) is 103 cm³/mol. The van der Waals surface area contributed by atoms with Gasteiger partial charge < -0.3 is 14.0 Å². The highest BCUT2D eigenvalue weighted by molar-refractivity contribution is 7.89. The summed E-state index contributed by atoms with van der Waals surface area (Å²) in [5.41, 5.74) is 2.19. The number of ether oxygens (including phenoxy) is 2. The number of primary sulfonamides is 1. The Kier molecular flexibility index (Phi) is 4.47. The minimum atomic E-state index is -3.91. The van der Waals surface area contributed by atoms with Gasteiger partial charge in [0.2, 0.25) is 16.8 Å². The van der Waals surface area contributed by atoms with Crippen molar-refractivity contribution in [2.45, 2.75) is 4.90 Å². The van der Waals surface area contributed by atoms with Crippen LogP contribution >= 0.6 is 22.9 Å². The van der Waals surface area contributed by atoms with Gasteiger partial charge in [0.1, 0.15) is 4.90 Å². The largest absolute Gasteiger partial charge is 0.454 e. The summed E-state index contributed by atoms with van der Waals surface area (Å²) in [5, 5.41) is 7.22. The molecule has 10 heteroatoms.